The van der Waals surface area contributed by atoms with Crippen LogP contribution < -0.4 is 5.73 Å². The standard InChI is InChI=1S/C4H9NO2/c1-4(5,2-6)3-7/h2,7H,3,5H2,1H3. The summed E-state index contributed by atoms with van der Waals surface area (Å²) in [5.74, 6) is 0. The van der Waals surface area contributed by atoms with Crippen LogP contribution >= 0.6 is 0 Å². The minimum Gasteiger partial charge on any atom is -0.394 e. The Kier molecular flexibility index (Phi) is 1.92. The minimum atomic E-state index is -1.04. The van der Waals surface area contributed by atoms with Gasteiger partial charge in [-0.1, -0.05) is 0 Å². The average molecular weight is 103 g/mol. The average Bonchev–Trinajstić information content (AvgIpc) is 1.68. The van der Waals surface area contributed by atoms with Gasteiger partial charge in [0.2, 0.25) is 0 Å². The molecule has 0 aliphatic rings. The van der Waals surface area contributed by atoms with Crippen molar-refractivity contribution in [1.82, 2.24) is 0 Å². The number of nitrogens with two attached hydrogens (primary N) is 1. The molecule has 0 aromatic carbocycles. The van der Waals surface area contributed by atoms with Gasteiger partial charge in [-0.05, 0) is 6.92 Å². The summed E-state index contributed by atoms with van der Waals surface area (Å²) >= 11 is 0. The first-order chi connectivity index (χ1) is 3.12. The van der Waals surface area contributed by atoms with Crippen LogP contribution in [-0.2, 0) is 4.79 Å². The van der Waals surface area contributed by atoms with Gasteiger partial charge in [0.15, 0.2) is 0 Å². The maximum absolute atomic E-state index is 9.77. The quantitative estimate of drug-likeness (QED) is 0.436. The van der Waals surface area contributed by atoms with Crippen LogP contribution in [0.15, 0.2) is 0 Å². The number of carbonyl (C=O) groups is 1. The van der Waals surface area contributed by atoms with E-state index >= 15 is 0 Å². The third-order valence-corrected chi connectivity index (χ3v) is 0.610. The molecular weight excluding hydrogens is 94.0 g/mol. The van der Waals surface area contributed by atoms with Crippen molar-refractivity contribution in [2.75, 3.05) is 6.61 Å². The Morgan fingerprint density at radius 3 is 2.43 bits per heavy atom. The molecule has 0 spiro atoms. The summed E-state index contributed by atoms with van der Waals surface area (Å²) in [6.07, 6.45) is 0.521. The molecule has 0 aliphatic heterocycles. The first-order valence-electron chi connectivity index (χ1n) is 1.98. The van der Waals surface area contributed by atoms with E-state index < -0.39 is 5.54 Å². The fourth-order valence-electron chi connectivity index (χ4n) is 0.0373. The molecule has 3 heteroatoms. The lowest BCUT2D eigenvalue weighted by Crippen LogP contribution is -2.41. The number of hydrogen-bond donors (Lipinski definition) is 2. The van der Waals surface area contributed by atoms with Crippen molar-refractivity contribution >= 4 is 6.29 Å². The van der Waals surface area contributed by atoms with Crippen molar-refractivity contribution in [2.24, 2.45) is 5.73 Å². The number of aliphatic hydroxyl groups is 1. The smallest absolute Gasteiger partial charge is 0.141 e. The van der Waals surface area contributed by atoms with Gasteiger partial charge in [0.25, 0.3) is 0 Å². The van der Waals surface area contributed by atoms with Crippen LogP contribution in [0, 0.1) is 0 Å². The second-order valence-corrected chi connectivity index (χ2v) is 1.78. The maximum atomic E-state index is 9.77. The van der Waals surface area contributed by atoms with E-state index in [-0.39, 0.29) is 6.61 Å². The molecule has 0 heterocycles. The van der Waals surface area contributed by atoms with Crippen molar-refractivity contribution in [1.29, 1.82) is 0 Å². The Morgan fingerprint density at radius 1 is 2.00 bits per heavy atom. The largest absolute Gasteiger partial charge is 0.394 e. The highest BCUT2D eigenvalue weighted by atomic mass is 16.3. The third-order valence-electron chi connectivity index (χ3n) is 0.610. The van der Waals surface area contributed by atoms with Crippen LogP contribution in [0.5, 0.6) is 0 Å². The minimum absolute atomic E-state index is 0.295. The van der Waals surface area contributed by atoms with E-state index in [4.69, 9.17) is 10.8 Å². The van der Waals surface area contributed by atoms with Crippen LogP contribution in [0.25, 0.3) is 0 Å². The molecule has 0 bridgehead atoms. The molecule has 0 aromatic rings. The summed E-state index contributed by atoms with van der Waals surface area (Å²) < 4.78 is 0. The molecule has 1 atom stereocenters. The van der Waals surface area contributed by atoms with Crippen molar-refractivity contribution < 1.29 is 9.90 Å². The first kappa shape index (κ1) is 6.59. The zero-order valence-electron chi connectivity index (χ0n) is 4.22. The fraction of sp³-hybridized carbons (Fsp3) is 0.750. The number of carbonyl (C=O) groups excluding carboxylic acids is 1. The molecule has 3 nitrogen and oxygen atoms in total. The second-order valence-electron chi connectivity index (χ2n) is 1.78. The molecule has 0 fully saturated rings. The third kappa shape index (κ3) is 2.31. The number of aliphatic hydroxyl groups excluding tert-OH is 1. The van der Waals surface area contributed by atoms with Gasteiger partial charge in [-0.2, -0.15) is 0 Å². The van der Waals surface area contributed by atoms with Gasteiger partial charge in [-0.25, -0.2) is 0 Å². The number of aldehydes is 1. The van der Waals surface area contributed by atoms with Crippen molar-refractivity contribution in [3.8, 4) is 0 Å². The molecule has 7 heavy (non-hydrogen) atoms. The summed E-state index contributed by atoms with van der Waals surface area (Å²) in [6, 6.07) is 0. The zero-order valence-corrected chi connectivity index (χ0v) is 4.22. The van der Waals surface area contributed by atoms with Crippen LogP contribution in [0.1, 0.15) is 6.92 Å². The van der Waals surface area contributed by atoms with E-state index in [1.165, 1.54) is 6.92 Å². The predicted octanol–water partition coefficient (Wildman–Crippen LogP) is -1.10. The lowest BCUT2D eigenvalue weighted by atomic mass is 10.1. The molecule has 0 saturated carbocycles. The van der Waals surface area contributed by atoms with Gasteiger partial charge in [0.1, 0.15) is 6.29 Å². The van der Waals surface area contributed by atoms with Crippen molar-refractivity contribution in [3.63, 3.8) is 0 Å². The monoisotopic (exact) mass is 103 g/mol. The Bertz CT molecular complexity index is 70.1. The Balaban J connectivity index is 3.58. The second kappa shape index (κ2) is 2.04. The van der Waals surface area contributed by atoms with Crippen LogP contribution in [0.3, 0.4) is 0 Å². The Morgan fingerprint density at radius 2 is 2.43 bits per heavy atom. The first-order valence-corrected chi connectivity index (χ1v) is 1.98. The van der Waals surface area contributed by atoms with E-state index in [9.17, 15) is 4.79 Å². The van der Waals surface area contributed by atoms with Gasteiger partial charge in [-0.3, -0.25) is 0 Å². The van der Waals surface area contributed by atoms with Gasteiger partial charge >= 0.3 is 0 Å². The zero-order chi connectivity index (χ0) is 5.91. The van der Waals surface area contributed by atoms with Crippen LogP contribution in [0.4, 0.5) is 0 Å². The lowest BCUT2D eigenvalue weighted by molar-refractivity contribution is -0.112. The highest BCUT2D eigenvalue weighted by Gasteiger charge is 2.13. The summed E-state index contributed by atoms with van der Waals surface area (Å²) in [5, 5.41) is 8.24. The van der Waals surface area contributed by atoms with Crippen molar-refractivity contribution in [3.05, 3.63) is 0 Å². The summed E-state index contributed by atoms with van der Waals surface area (Å²) in [4.78, 5) is 9.77. The van der Waals surface area contributed by atoms with Gasteiger partial charge < -0.3 is 15.6 Å². The van der Waals surface area contributed by atoms with Crippen molar-refractivity contribution in [2.45, 2.75) is 12.5 Å². The molecule has 0 aliphatic carbocycles. The van der Waals surface area contributed by atoms with Gasteiger partial charge in [0, 0.05) is 0 Å². The molecule has 0 rings (SSSR count). The van der Waals surface area contributed by atoms with Gasteiger partial charge in [0.05, 0.1) is 12.1 Å². The highest BCUT2D eigenvalue weighted by molar-refractivity contribution is 5.62. The van der Waals surface area contributed by atoms with E-state index in [2.05, 4.69) is 0 Å². The summed E-state index contributed by atoms with van der Waals surface area (Å²) in [7, 11) is 0. The molecule has 42 valence electrons. The van der Waals surface area contributed by atoms with Crippen LogP contribution in [-0.4, -0.2) is 23.5 Å². The van der Waals surface area contributed by atoms with E-state index in [0.29, 0.717) is 6.29 Å². The lowest BCUT2D eigenvalue weighted by Gasteiger charge is -2.10. The SMILES string of the molecule is CC(N)(C=O)CO. The number of hydrogen-bond acceptors (Lipinski definition) is 3. The maximum Gasteiger partial charge on any atom is 0.141 e. The molecule has 1 unspecified atom stereocenters. The van der Waals surface area contributed by atoms with E-state index in [1.54, 1.807) is 0 Å². The molecule has 0 radical (unpaired) electrons. The molecular formula is C4H9NO2. The van der Waals surface area contributed by atoms with E-state index in [1.807, 2.05) is 0 Å². The molecule has 0 saturated heterocycles. The van der Waals surface area contributed by atoms with E-state index in [0.717, 1.165) is 0 Å². The summed E-state index contributed by atoms with van der Waals surface area (Å²) in [6.45, 7) is 1.16. The highest BCUT2D eigenvalue weighted by Crippen LogP contribution is 1.87. The summed E-state index contributed by atoms with van der Waals surface area (Å²) in [5.41, 5.74) is 4.06. The number of rotatable bonds is 2. The molecule has 0 aromatic heterocycles. The fourth-order valence-corrected chi connectivity index (χ4v) is 0.0373. The normalized spacial score (nSPS) is 18.1. The van der Waals surface area contributed by atoms with Crippen LogP contribution in [0.2, 0.25) is 0 Å². The van der Waals surface area contributed by atoms with Gasteiger partial charge in [-0.15, -0.1) is 0 Å². The Labute approximate surface area is 42.1 Å². The molecule has 3 N–H and O–H groups in total. The molecule has 0 amide bonds. The Hall–Kier alpha value is -0.410. The predicted molar refractivity (Wildman–Crippen MR) is 25.7 cm³/mol. The topological polar surface area (TPSA) is 63.3 Å².